The van der Waals surface area contributed by atoms with Gasteiger partial charge in [0.25, 0.3) is 5.54 Å². The van der Waals surface area contributed by atoms with Crippen LogP contribution in [0.4, 0.5) is 5.13 Å². The Balaban J connectivity index is 1.30. The molecule has 0 radical (unpaired) electrons. The van der Waals surface area contributed by atoms with E-state index in [0.29, 0.717) is 16.3 Å². The highest BCUT2D eigenvalue weighted by Crippen LogP contribution is 2.64. The first-order chi connectivity index (χ1) is 18.4. The number of fused-ring (bicyclic) bond motifs is 2. The zero-order chi connectivity index (χ0) is 26.1. The van der Waals surface area contributed by atoms with Crippen molar-refractivity contribution in [3.63, 3.8) is 0 Å². The molecule has 0 saturated heterocycles. The molecule has 1 unspecified atom stereocenters. The molecular weight excluding hydrogens is 496 g/mol. The second-order valence-electron chi connectivity index (χ2n) is 10.2. The molecule has 1 atom stereocenters. The van der Waals surface area contributed by atoms with Crippen LogP contribution in [0.3, 0.4) is 0 Å². The van der Waals surface area contributed by atoms with Crippen molar-refractivity contribution in [2.45, 2.75) is 24.8 Å². The molecule has 1 amide bonds. The van der Waals surface area contributed by atoms with Gasteiger partial charge in [-0.2, -0.15) is 0 Å². The summed E-state index contributed by atoms with van der Waals surface area (Å²) in [7, 11) is 0. The third-order valence-electron chi connectivity index (χ3n) is 8.17. The third kappa shape index (κ3) is 2.98. The van der Waals surface area contributed by atoms with Crippen molar-refractivity contribution in [1.29, 1.82) is 0 Å². The van der Waals surface area contributed by atoms with Crippen LogP contribution in [0.15, 0.2) is 90.4 Å². The number of hydrogen-bond donors (Lipinski definition) is 1. The molecule has 38 heavy (non-hydrogen) atoms. The number of nitrogens with one attached hydrogen (secondary N) is 1. The number of pyridine rings is 1. The number of thiazole rings is 1. The van der Waals surface area contributed by atoms with E-state index in [2.05, 4.69) is 10.3 Å². The van der Waals surface area contributed by atoms with Crippen molar-refractivity contribution in [2.75, 3.05) is 5.32 Å². The normalized spacial score (nSPS) is 23.0. The van der Waals surface area contributed by atoms with Gasteiger partial charge >= 0.3 is 0 Å². The van der Waals surface area contributed by atoms with Gasteiger partial charge in [-0.1, -0.05) is 66.7 Å². The van der Waals surface area contributed by atoms with E-state index in [-0.39, 0.29) is 23.2 Å². The van der Waals surface area contributed by atoms with Gasteiger partial charge in [-0.15, -0.1) is 11.3 Å². The summed E-state index contributed by atoms with van der Waals surface area (Å²) in [5, 5.41) is 19.2. The standard InChI is InChI=1S/C30H22N4O3S/c1-29(27(35)33-28-32-25(16-38-28)19-14-15-31-24-13-7-4-8-18(19)24)17-30(34(36)37)22-11-5-2-9-20(22)26(29)21-10-3-6-12-23(21)30/h2-16,26H,17H2,1H3,(H,32,33,35). The Bertz CT molecular complexity index is 1730. The summed E-state index contributed by atoms with van der Waals surface area (Å²) >= 11 is 1.34. The molecule has 0 spiro atoms. The molecule has 1 N–H and O–H groups in total. The maximum absolute atomic E-state index is 14.0. The number of carbonyl (C=O) groups is 1. The van der Waals surface area contributed by atoms with Crippen LogP contribution >= 0.6 is 11.3 Å². The van der Waals surface area contributed by atoms with Crippen LogP contribution in [-0.4, -0.2) is 20.8 Å². The number of nitro groups is 1. The summed E-state index contributed by atoms with van der Waals surface area (Å²) in [5.41, 5.74) is 3.06. The average Bonchev–Trinajstić information content (AvgIpc) is 3.41. The fourth-order valence-corrected chi connectivity index (χ4v) is 7.27. The smallest absolute Gasteiger partial charge is 0.273 e. The lowest BCUT2D eigenvalue weighted by Gasteiger charge is -2.52. The first kappa shape index (κ1) is 22.7. The van der Waals surface area contributed by atoms with E-state index in [1.165, 1.54) is 11.3 Å². The minimum atomic E-state index is -1.49. The van der Waals surface area contributed by atoms with Crippen molar-refractivity contribution in [2.24, 2.45) is 5.41 Å². The quantitative estimate of drug-likeness (QED) is 0.220. The van der Waals surface area contributed by atoms with Crippen molar-refractivity contribution >= 4 is 33.3 Å². The molecule has 0 saturated carbocycles. The van der Waals surface area contributed by atoms with Crippen molar-refractivity contribution in [3.8, 4) is 11.3 Å². The molecular formula is C30H22N4O3S. The van der Waals surface area contributed by atoms with Crippen LogP contribution in [0.25, 0.3) is 22.2 Å². The van der Waals surface area contributed by atoms with Crippen LogP contribution in [0, 0.1) is 15.5 Å². The summed E-state index contributed by atoms with van der Waals surface area (Å²) in [6.45, 7) is 1.85. The van der Waals surface area contributed by atoms with Gasteiger partial charge in [-0.05, 0) is 30.2 Å². The molecule has 186 valence electrons. The monoisotopic (exact) mass is 518 g/mol. The SMILES string of the molecule is CC1(C(=O)Nc2nc(-c3ccnc4ccccc34)cs2)CC2([N+](=O)[O-])c3ccccc3C1c1ccccc12. The number of amides is 1. The number of rotatable bonds is 4. The molecule has 7 nitrogen and oxygen atoms in total. The van der Waals surface area contributed by atoms with Crippen LogP contribution in [0.2, 0.25) is 0 Å². The maximum atomic E-state index is 14.0. The predicted molar refractivity (Wildman–Crippen MR) is 147 cm³/mol. The number of hydrogen-bond acceptors (Lipinski definition) is 6. The van der Waals surface area contributed by atoms with E-state index in [9.17, 15) is 14.9 Å². The van der Waals surface area contributed by atoms with Gasteiger partial charge in [0, 0.05) is 50.9 Å². The van der Waals surface area contributed by atoms with Gasteiger partial charge in [0.2, 0.25) is 5.91 Å². The molecule has 3 aliphatic rings. The molecule has 0 fully saturated rings. The number of nitrogens with zero attached hydrogens (tertiary/aromatic N) is 3. The number of benzene rings is 3. The second kappa shape index (κ2) is 8.03. The summed E-state index contributed by atoms with van der Waals surface area (Å²) in [6.07, 6.45) is 1.83. The largest absolute Gasteiger partial charge is 0.301 e. The van der Waals surface area contributed by atoms with E-state index < -0.39 is 11.0 Å². The van der Waals surface area contributed by atoms with E-state index in [1.807, 2.05) is 91.2 Å². The second-order valence-corrected chi connectivity index (χ2v) is 11.0. The minimum Gasteiger partial charge on any atom is -0.301 e. The molecule has 0 aliphatic heterocycles. The van der Waals surface area contributed by atoms with E-state index in [1.54, 1.807) is 6.20 Å². The molecule has 2 bridgehead atoms. The zero-order valence-electron chi connectivity index (χ0n) is 20.4. The van der Waals surface area contributed by atoms with Crippen molar-refractivity contribution in [1.82, 2.24) is 9.97 Å². The highest BCUT2D eigenvalue weighted by Gasteiger charge is 2.67. The topological polar surface area (TPSA) is 98.0 Å². The Morgan fingerprint density at radius 1 is 1.00 bits per heavy atom. The molecule has 3 aliphatic carbocycles. The zero-order valence-corrected chi connectivity index (χ0v) is 21.2. The molecule has 2 heterocycles. The Labute approximate surface area is 222 Å². The number of carbonyl (C=O) groups excluding carboxylic acids is 1. The summed E-state index contributed by atoms with van der Waals surface area (Å²) in [4.78, 5) is 35.8. The number of aromatic nitrogens is 2. The number of anilines is 1. The fourth-order valence-electron chi connectivity index (χ4n) is 6.56. The van der Waals surface area contributed by atoms with Gasteiger partial charge in [-0.25, -0.2) is 4.98 Å². The van der Waals surface area contributed by atoms with Crippen molar-refractivity contribution < 1.29 is 9.72 Å². The summed E-state index contributed by atoms with van der Waals surface area (Å²) in [5.74, 6) is -0.571. The van der Waals surface area contributed by atoms with Crippen LogP contribution in [0.5, 0.6) is 0 Å². The lowest BCUT2D eigenvalue weighted by Crippen LogP contribution is -2.57. The lowest BCUT2D eigenvalue weighted by atomic mass is 9.49. The molecule has 5 aromatic rings. The van der Waals surface area contributed by atoms with E-state index >= 15 is 0 Å². The first-order valence-electron chi connectivity index (χ1n) is 12.4. The molecule has 8 heteroatoms. The van der Waals surface area contributed by atoms with Crippen molar-refractivity contribution in [3.05, 3.63) is 123 Å². The van der Waals surface area contributed by atoms with Gasteiger partial charge in [-0.3, -0.25) is 19.9 Å². The Morgan fingerprint density at radius 2 is 1.66 bits per heavy atom. The fraction of sp³-hybridized carbons (Fsp3) is 0.167. The van der Waals surface area contributed by atoms with Gasteiger partial charge in [0.15, 0.2) is 5.13 Å². The summed E-state index contributed by atoms with van der Waals surface area (Å²) < 4.78 is 0. The highest BCUT2D eigenvalue weighted by atomic mass is 32.1. The van der Waals surface area contributed by atoms with Gasteiger partial charge in [0.1, 0.15) is 0 Å². The van der Waals surface area contributed by atoms with Crippen LogP contribution < -0.4 is 5.32 Å². The van der Waals surface area contributed by atoms with E-state index in [0.717, 1.165) is 33.3 Å². The molecule has 8 rings (SSSR count). The molecule has 3 aromatic carbocycles. The Kier molecular flexibility index (Phi) is 4.81. The lowest BCUT2D eigenvalue weighted by molar-refractivity contribution is -0.573. The van der Waals surface area contributed by atoms with Gasteiger partial charge in [0.05, 0.1) is 16.6 Å². The average molecular weight is 519 g/mol. The Morgan fingerprint density at radius 3 is 2.37 bits per heavy atom. The Hall–Kier alpha value is -4.43. The minimum absolute atomic E-state index is 0.0742. The van der Waals surface area contributed by atoms with E-state index in [4.69, 9.17) is 4.98 Å². The first-order valence-corrected chi connectivity index (χ1v) is 13.3. The molecule has 2 aromatic heterocycles. The van der Waals surface area contributed by atoms with Gasteiger partial charge < -0.3 is 5.32 Å². The predicted octanol–water partition coefficient (Wildman–Crippen LogP) is 6.37. The van der Waals surface area contributed by atoms with Crippen LogP contribution in [0.1, 0.15) is 41.5 Å². The highest BCUT2D eigenvalue weighted by molar-refractivity contribution is 7.14. The maximum Gasteiger partial charge on any atom is 0.273 e. The van der Waals surface area contributed by atoms with Crippen LogP contribution in [-0.2, 0) is 10.3 Å². The number of para-hydroxylation sites is 1. The summed E-state index contributed by atoms with van der Waals surface area (Å²) in [6, 6.07) is 24.8. The third-order valence-corrected chi connectivity index (χ3v) is 8.93.